The largest absolute Gasteiger partial charge is 0.463 e. The summed E-state index contributed by atoms with van der Waals surface area (Å²) in [6.07, 6.45) is 7.11. The molecule has 4 fully saturated rings. The summed E-state index contributed by atoms with van der Waals surface area (Å²) in [7, 11) is 0. The number of rotatable bonds is 2. The van der Waals surface area contributed by atoms with Gasteiger partial charge in [0.25, 0.3) is 0 Å². The Morgan fingerprint density at radius 1 is 1.23 bits per heavy atom. The molecule has 0 bridgehead atoms. The number of hydrogen-bond acceptors (Lipinski definition) is 6. The van der Waals surface area contributed by atoms with Gasteiger partial charge in [-0.05, 0) is 67.8 Å². The quantitative estimate of drug-likeness (QED) is 0.675. The zero-order valence-corrected chi connectivity index (χ0v) is 19.0. The molecule has 0 aromatic rings. The van der Waals surface area contributed by atoms with Crippen LogP contribution in [0, 0.1) is 28.6 Å². The number of allylic oxidation sites excluding steroid dienone is 1. The molecule has 6 heteroatoms. The second-order valence-corrected chi connectivity index (χ2v) is 11.0. The Kier molecular flexibility index (Phi) is 5.15. The second kappa shape index (κ2) is 7.39. The Hall–Kier alpha value is -1.24. The maximum atomic E-state index is 12.1. The molecule has 172 valence electrons. The molecule has 4 aliphatic carbocycles. The highest BCUT2D eigenvalue weighted by molar-refractivity contribution is 5.91. The van der Waals surface area contributed by atoms with Crippen LogP contribution in [0.15, 0.2) is 11.6 Å². The SMILES string of the molecule is CC(=O)OCC1OCCO[C@@]12CC[C@H]1[C@@H]3CCC4=CC(=O)CC[C@]4(C)[C@H]3[C@H](O)C[C@@]12C. The molecule has 0 aromatic carbocycles. The van der Waals surface area contributed by atoms with E-state index < -0.39 is 11.7 Å². The molecule has 5 aliphatic rings. The van der Waals surface area contributed by atoms with Gasteiger partial charge in [-0.3, -0.25) is 9.59 Å². The number of ketones is 1. The van der Waals surface area contributed by atoms with Crippen molar-refractivity contribution < 1.29 is 28.9 Å². The molecule has 0 aromatic heterocycles. The Morgan fingerprint density at radius 2 is 2.03 bits per heavy atom. The van der Waals surface area contributed by atoms with Crippen molar-refractivity contribution in [3.05, 3.63) is 11.6 Å². The van der Waals surface area contributed by atoms with E-state index in [0.29, 0.717) is 37.9 Å². The van der Waals surface area contributed by atoms with Gasteiger partial charge < -0.3 is 19.3 Å². The van der Waals surface area contributed by atoms with E-state index in [-0.39, 0.29) is 41.2 Å². The Bertz CT molecular complexity index is 806. The molecule has 0 radical (unpaired) electrons. The average Bonchev–Trinajstić information content (AvgIpc) is 3.00. The fraction of sp³-hybridized carbons (Fsp3) is 0.840. The van der Waals surface area contributed by atoms with Crippen LogP contribution >= 0.6 is 0 Å². The maximum Gasteiger partial charge on any atom is 0.302 e. The lowest BCUT2D eigenvalue weighted by Gasteiger charge is -2.62. The summed E-state index contributed by atoms with van der Waals surface area (Å²) in [5, 5.41) is 11.6. The predicted molar refractivity (Wildman–Crippen MR) is 113 cm³/mol. The van der Waals surface area contributed by atoms with Crippen LogP contribution in [-0.4, -0.2) is 54.5 Å². The van der Waals surface area contributed by atoms with Crippen molar-refractivity contribution in [1.29, 1.82) is 0 Å². The fourth-order valence-electron chi connectivity index (χ4n) is 8.49. The summed E-state index contributed by atoms with van der Waals surface area (Å²) in [5.74, 6) is 0.952. The van der Waals surface area contributed by atoms with Crippen molar-refractivity contribution in [2.75, 3.05) is 19.8 Å². The Labute approximate surface area is 184 Å². The van der Waals surface area contributed by atoms with Crippen LogP contribution in [-0.2, 0) is 23.8 Å². The minimum absolute atomic E-state index is 0.0889. The Balaban J connectivity index is 1.49. The smallest absolute Gasteiger partial charge is 0.302 e. The normalized spacial score (nSPS) is 49.1. The third-order valence-electron chi connectivity index (χ3n) is 9.80. The van der Waals surface area contributed by atoms with E-state index in [4.69, 9.17) is 14.2 Å². The molecule has 3 saturated carbocycles. The van der Waals surface area contributed by atoms with E-state index in [1.807, 2.05) is 6.08 Å². The van der Waals surface area contributed by atoms with Gasteiger partial charge in [0.1, 0.15) is 18.3 Å². The van der Waals surface area contributed by atoms with Gasteiger partial charge in [0, 0.05) is 18.8 Å². The topological polar surface area (TPSA) is 82.1 Å². The highest BCUT2D eigenvalue weighted by Gasteiger charge is 2.70. The van der Waals surface area contributed by atoms with E-state index in [1.54, 1.807) is 0 Å². The summed E-state index contributed by atoms with van der Waals surface area (Å²) in [5.41, 5.74) is 0.400. The summed E-state index contributed by atoms with van der Waals surface area (Å²) in [6, 6.07) is 0. The van der Waals surface area contributed by atoms with E-state index in [2.05, 4.69) is 13.8 Å². The van der Waals surface area contributed by atoms with Crippen molar-refractivity contribution in [2.45, 2.75) is 83.5 Å². The number of carbonyl (C=O) groups is 2. The molecule has 0 amide bonds. The molecule has 1 unspecified atom stereocenters. The maximum absolute atomic E-state index is 12.1. The molecule has 1 saturated heterocycles. The number of ether oxygens (including phenoxy) is 3. The predicted octanol–water partition coefficient (Wildman–Crippen LogP) is 3.21. The molecule has 6 nitrogen and oxygen atoms in total. The zero-order chi connectivity index (χ0) is 22.0. The molecule has 1 spiro atoms. The first-order valence-corrected chi connectivity index (χ1v) is 12.0. The van der Waals surface area contributed by atoms with Crippen LogP contribution in [0.3, 0.4) is 0 Å². The van der Waals surface area contributed by atoms with Crippen LogP contribution < -0.4 is 0 Å². The molecule has 8 atom stereocenters. The first kappa shape index (κ1) is 21.6. The number of esters is 1. The molecule has 1 N–H and O–H groups in total. The van der Waals surface area contributed by atoms with Crippen molar-refractivity contribution >= 4 is 11.8 Å². The molecular weight excluding hydrogens is 396 g/mol. The monoisotopic (exact) mass is 432 g/mol. The van der Waals surface area contributed by atoms with Crippen molar-refractivity contribution in [3.63, 3.8) is 0 Å². The molecular formula is C25H36O6. The van der Waals surface area contributed by atoms with Crippen molar-refractivity contribution in [1.82, 2.24) is 0 Å². The van der Waals surface area contributed by atoms with Gasteiger partial charge in [0.05, 0.1) is 19.3 Å². The lowest BCUT2D eigenvalue weighted by atomic mass is 9.45. The number of aliphatic hydroxyl groups excluding tert-OH is 1. The number of fused-ring (bicyclic) bond motifs is 6. The van der Waals surface area contributed by atoms with Gasteiger partial charge >= 0.3 is 5.97 Å². The fourth-order valence-corrected chi connectivity index (χ4v) is 8.49. The van der Waals surface area contributed by atoms with E-state index in [9.17, 15) is 14.7 Å². The molecule has 5 rings (SSSR count). The van der Waals surface area contributed by atoms with E-state index >= 15 is 0 Å². The van der Waals surface area contributed by atoms with Gasteiger partial charge in [0.2, 0.25) is 0 Å². The summed E-state index contributed by atoms with van der Waals surface area (Å²) in [6.45, 7) is 7.22. The first-order valence-electron chi connectivity index (χ1n) is 12.0. The van der Waals surface area contributed by atoms with Gasteiger partial charge in [-0.15, -0.1) is 0 Å². The third kappa shape index (κ3) is 3.01. The van der Waals surface area contributed by atoms with Crippen LogP contribution in [0.4, 0.5) is 0 Å². The standard InChI is InChI=1S/C25H36O6/c1-15(26)30-14-21-25(31-11-10-29-21)9-7-19-18-5-4-16-12-17(27)6-8-23(16,2)22(18)20(28)13-24(19,25)3/h12,18-22,28H,4-11,13-14H2,1-3H3/t18-,19-,20+,21?,22+,23-,24-,25-/m0/s1. The van der Waals surface area contributed by atoms with Crippen molar-refractivity contribution in [3.8, 4) is 0 Å². The van der Waals surface area contributed by atoms with Gasteiger partial charge in [-0.25, -0.2) is 0 Å². The zero-order valence-electron chi connectivity index (χ0n) is 19.0. The van der Waals surface area contributed by atoms with Crippen LogP contribution in [0.25, 0.3) is 0 Å². The highest BCUT2D eigenvalue weighted by Crippen LogP contribution is 2.69. The molecule has 1 aliphatic heterocycles. The van der Waals surface area contributed by atoms with E-state index in [0.717, 1.165) is 32.1 Å². The number of aliphatic hydroxyl groups is 1. The summed E-state index contributed by atoms with van der Waals surface area (Å²) in [4.78, 5) is 23.6. The molecule has 31 heavy (non-hydrogen) atoms. The van der Waals surface area contributed by atoms with Crippen LogP contribution in [0.2, 0.25) is 0 Å². The second-order valence-electron chi connectivity index (χ2n) is 11.0. The summed E-state index contributed by atoms with van der Waals surface area (Å²) < 4.78 is 18.1. The van der Waals surface area contributed by atoms with Gasteiger partial charge in [0.15, 0.2) is 5.78 Å². The van der Waals surface area contributed by atoms with Gasteiger partial charge in [-0.1, -0.05) is 19.4 Å². The summed E-state index contributed by atoms with van der Waals surface area (Å²) >= 11 is 0. The third-order valence-corrected chi connectivity index (χ3v) is 9.80. The van der Waals surface area contributed by atoms with Crippen LogP contribution in [0.5, 0.6) is 0 Å². The number of hydrogen-bond donors (Lipinski definition) is 1. The van der Waals surface area contributed by atoms with Gasteiger partial charge in [-0.2, -0.15) is 0 Å². The highest BCUT2D eigenvalue weighted by atomic mass is 16.6. The van der Waals surface area contributed by atoms with Crippen molar-refractivity contribution in [2.24, 2.45) is 28.6 Å². The van der Waals surface area contributed by atoms with Crippen LogP contribution in [0.1, 0.15) is 65.7 Å². The first-order chi connectivity index (χ1) is 14.7. The minimum atomic E-state index is -0.531. The Morgan fingerprint density at radius 3 is 2.81 bits per heavy atom. The molecule has 1 heterocycles. The van der Waals surface area contributed by atoms with E-state index in [1.165, 1.54) is 12.5 Å². The number of carbonyl (C=O) groups excluding carboxylic acids is 2. The lowest BCUT2D eigenvalue weighted by Crippen LogP contribution is -2.65. The average molecular weight is 433 g/mol. The minimum Gasteiger partial charge on any atom is -0.463 e. The lowest BCUT2D eigenvalue weighted by molar-refractivity contribution is -0.274.